The highest BCUT2D eigenvalue weighted by Crippen LogP contribution is 2.26. The first-order valence-corrected chi connectivity index (χ1v) is 9.38. The molecule has 2 aromatic rings. The molecule has 1 aliphatic rings. The molecule has 0 atom stereocenters. The average Bonchev–Trinajstić information content (AvgIpc) is 3.16. The Morgan fingerprint density at radius 2 is 2.15 bits per heavy atom. The van der Waals surface area contributed by atoms with Gasteiger partial charge in [0, 0.05) is 17.4 Å². The molecule has 1 fully saturated rings. The second-order valence-corrected chi connectivity index (χ2v) is 8.23. The molecule has 3 rings (SSSR count). The molecule has 0 amide bonds. The zero-order valence-electron chi connectivity index (χ0n) is 11.0. The molecule has 20 heavy (non-hydrogen) atoms. The fourth-order valence-electron chi connectivity index (χ4n) is 2.51. The number of aromatic nitrogens is 2. The monoisotopic (exact) mass is 312 g/mol. The first-order valence-electron chi connectivity index (χ1n) is 6.72. The van der Waals surface area contributed by atoms with Crippen molar-refractivity contribution in [3.05, 3.63) is 22.7 Å². The van der Waals surface area contributed by atoms with E-state index in [-0.39, 0.29) is 11.0 Å². The van der Waals surface area contributed by atoms with Gasteiger partial charge in [0.05, 0.1) is 11.0 Å². The van der Waals surface area contributed by atoms with Gasteiger partial charge in [-0.1, -0.05) is 18.0 Å². The van der Waals surface area contributed by atoms with E-state index in [0.717, 1.165) is 31.2 Å². The van der Waals surface area contributed by atoms with Gasteiger partial charge in [0.2, 0.25) is 11.7 Å². The highest BCUT2D eigenvalue weighted by molar-refractivity contribution is 7.92. The number of hydrogen-bond donors (Lipinski definition) is 0. The van der Waals surface area contributed by atoms with Crippen molar-refractivity contribution in [1.29, 1.82) is 0 Å². The Balaban J connectivity index is 1.64. The first-order chi connectivity index (χ1) is 9.65. The zero-order valence-corrected chi connectivity index (χ0v) is 12.6. The third-order valence-electron chi connectivity index (χ3n) is 3.66. The van der Waals surface area contributed by atoms with Crippen LogP contribution in [-0.4, -0.2) is 29.6 Å². The van der Waals surface area contributed by atoms with Crippen LogP contribution in [0.5, 0.6) is 0 Å². The van der Waals surface area contributed by atoms with Crippen molar-refractivity contribution in [2.75, 3.05) is 5.75 Å². The molecule has 108 valence electrons. The summed E-state index contributed by atoms with van der Waals surface area (Å²) < 4.78 is 29.4. The van der Waals surface area contributed by atoms with Gasteiger partial charge in [0.25, 0.3) is 0 Å². The van der Waals surface area contributed by atoms with Crippen LogP contribution in [0.1, 0.15) is 31.6 Å². The minimum atomic E-state index is -3.03. The molecule has 1 aliphatic carbocycles. The summed E-state index contributed by atoms with van der Waals surface area (Å²) in [6, 6.07) is 1.91. The molecule has 0 unspecified atom stereocenters. The van der Waals surface area contributed by atoms with Crippen LogP contribution < -0.4 is 0 Å². The molecule has 7 heteroatoms. The maximum Gasteiger partial charge on any atom is 0.227 e. The first kappa shape index (κ1) is 13.8. The SMILES string of the molecule is O=S(=O)(CCc1nc(-c2ccsc2)no1)C1CCCC1. The van der Waals surface area contributed by atoms with Crippen molar-refractivity contribution >= 4 is 21.2 Å². The molecule has 1 saturated carbocycles. The van der Waals surface area contributed by atoms with Gasteiger partial charge >= 0.3 is 0 Å². The molecule has 5 nitrogen and oxygen atoms in total. The number of rotatable bonds is 5. The van der Waals surface area contributed by atoms with Gasteiger partial charge in [-0.25, -0.2) is 8.42 Å². The van der Waals surface area contributed by atoms with Crippen LogP contribution >= 0.6 is 11.3 Å². The Kier molecular flexibility index (Phi) is 3.89. The average molecular weight is 312 g/mol. The van der Waals surface area contributed by atoms with Crippen LogP contribution in [0.4, 0.5) is 0 Å². The van der Waals surface area contributed by atoms with Gasteiger partial charge in [-0.3, -0.25) is 0 Å². The second kappa shape index (κ2) is 5.65. The van der Waals surface area contributed by atoms with E-state index in [9.17, 15) is 8.42 Å². The van der Waals surface area contributed by atoms with Gasteiger partial charge in [-0.05, 0) is 24.3 Å². The predicted octanol–water partition coefficient (Wildman–Crippen LogP) is 2.70. The third-order valence-corrected chi connectivity index (χ3v) is 6.60. The summed E-state index contributed by atoms with van der Waals surface area (Å²) in [5, 5.41) is 7.59. The number of hydrogen-bond acceptors (Lipinski definition) is 6. The maximum absolute atomic E-state index is 12.2. The smallest absolute Gasteiger partial charge is 0.227 e. The van der Waals surface area contributed by atoms with E-state index < -0.39 is 9.84 Å². The highest BCUT2D eigenvalue weighted by atomic mass is 32.2. The lowest BCUT2D eigenvalue weighted by molar-refractivity contribution is 0.382. The summed E-state index contributed by atoms with van der Waals surface area (Å²) in [5.41, 5.74) is 0.906. The lowest BCUT2D eigenvalue weighted by Gasteiger charge is -2.09. The van der Waals surface area contributed by atoms with Crippen molar-refractivity contribution in [1.82, 2.24) is 10.1 Å². The van der Waals surface area contributed by atoms with E-state index in [4.69, 9.17) is 4.52 Å². The van der Waals surface area contributed by atoms with Gasteiger partial charge in [0.1, 0.15) is 0 Å². The number of thiophene rings is 1. The molecule has 0 radical (unpaired) electrons. The molecule has 0 spiro atoms. The zero-order chi connectivity index (χ0) is 14.0. The standard InChI is InChI=1S/C13H16N2O3S2/c16-20(17,11-3-1-2-4-11)8-6-12-14-13(15-18-12)10-5-7-19-9-10/h5,7,9,11H,1-4,6,8H2. The van der Waals surface area contributed by atoms with Crippen LogP contribution in [0.3, 0.4) is 0 Å². The van der Waals surface area contributed by atoms with Crippen molar-refractivity contribution in [3.8, 4) is 11.4 Å². The van der Waals surface area contributed by atoms with Crippen molar-refractivity contribution in [2.45, 2.75) is 37.4 Å². The third kappa shape index (κ3) is 2.93. The fourth-order valence-corrected chi connectivity index (χ4v) is 4.99. The minimum absolute atomic E-state index is 0.100. The van der Waals surface area contributed by atoms with E-state index in [1.807, 2.05) is 16.8 Å². The van der Waals surface area contributed by atoms with Crippen LogP contribution in [-0.2, 0) is 16.3 Å². The van der Waals surface area contributed by atoms with Gasteiger partial charge in [-0.2, -0.15) is 16.3 Å². The van der Waals surface area contributed by atoms with E-state index in [0.29, 0.717) is 18.1 Å². The quantitative estimate of drug-likeness (QED) is 0.848. The van der Waals surface area contributed by atoms with Crippen molar-refractivity contribution < 1.29 is 12.9 Å². The normalized spacial score (nSPS) is 16.8. The molecule has 2 aromatic heterocycles. The Hall–Kier alpha value is -1.21. The molecule has 0 aromatic carbocycles. The summed E-state index contributed by atoms with van der Waals surface area (Å²) in [4.78, 5) is 4.25. The topological polar surface area (TPSA) is 73.1 Å². The van der Waals surface area contributed by atoms with Gasteiger partial charge < -0.3 is 4.52 Å². The molecule has 2 heterocycles. The van der Waals surface area contributed by atoms with Crippen LogP contribution in [0.15, 0.2) is 21.3 Å². The Bertz CT molecular complexity index is 656. The molecule has 0 N–H and O–H groups in total. The fraction of sp³-hybridized carbons (Fsp3) is 0.538. The molecule has 0 aliphatic heterocycles. The predicted molar refractivity (Wildman–Crippen MR) is 77.4 cm³/mol. The Morgan fingerprint density at radius 1 is 1.35 bits per heavy atom. The largest absolute Gasteiger partial charge is 0.339 e. The van der Waals surface area contributed by atoms with Gasteiger partial charge in [-0.15, -0.1) is 0 Å². The van der Waals surface area contributed by atoms with Crippen LogP contribution in [0.2, 0.25) is 0 Å². The number of sulfone groups is 1. The van der Waals surface area contributed by atoms with Crippen LogP contribution in [0.25, 0.3) is 11.4 Å². The second-order valence-electron chi connectivity index (χ2n) is 5.05. The summed E-state index contributed by atoms with van der Waals surface area (Å²) in [7, 11) is -3.03. The van der Waals surface area contributed by atoms with Crippen LogP contribution in [0, 0.1) is 0 Å². The molecule has 0 bridgehead atoms. The van der Waals surface area contributed by atoms with E-state index in [2.05, 4.69) is 10.1 Å². The van der Waals surface area contributed by atoms with Crippen molar-refractivity contribution in [3.63, 3.8) is 0 Å². The lowest BCUT2D eigenvalue weighted by atomic mass is 10.3. The van der Waals surface area contributed by atoms with E-state index in [1.54, 1.807) is 11.3 Å². The molecule has 0 saturated heterocycles. The summed E-state index contributed by atoms with van der Waals surface area (Å²) in [5.74, 6) is 1.02. The van der Waals surface area contributed by atoms with Gasteiger partial charge in [0.15, 0.2) is 9.84 Å². The maximum atomic E-state index is 12.2. The Labute approximate surface area is 121 Å². The number of aryl methyl sites for hydroxylation is 1. The minimum Gasteiger partial charge on any atom is -0.339 e. The number of nitrogens with zero attached hydrogens (tertiary/aromatic N) is 2. The van der Waals surface area contributed by atoms with Crippen molar-refractivity contribution in [2.24, 2.45) is 0 Å². The molecular weight excluding hydrogens is 296 g/mol. The van der Waals surface area contributed by atoms with E-state index in [1.165, 1.54) is 0 Å². The Morgan fingerprint density at radius 3 is 2.85 bits per heavy atom. The summed E-state index contributed by atoms with van der Waals surface area (Å²) >= 11 is 1.56. The molecular formula is C13H16N2O3S2. The lowest BCUT2D eigenvalue weighted by Crippen LogP contribution is -2.22. The summed E-state index contributed by atoms with van der Waals surface area (Å²) in [6.07, 6.45) is 3.94. The highest BCUT2D eigenvalue weighted by Gasteiger charge is 2.28. The summed E-state index contributed by atoms with van der Waals surface area (Å²) in [6.45, 7) is 0. The van der Waals surface area contributed by atoms with E-state index >= 15 is 0 Å².